The first-order valence-corrected chi connectivity index (χ1v) is 7.23. The van der Waals surface area contributed by atoms with E-state index in [-0.39, 0.29) is 19.2 Å². The van der Waals surface area contributed by atoms with Gasteiger partial charge in [-0.15, -0.1) is 0 Å². The van der Waals surface area contributed by atoms with E-state index in [0.29, 0.717) is 12.4 Å². The summed E-state index contributed by atoms with van der Waals surface area (Å²) in [5.41, 5.74) is 4.02. The zero-order chi connectivity index (χ0) is 15.9. The first-order chi connectivity index (χ1) is 10.6. The average Bonchev–Trinajstić information content (AvgIpc) is 2.53. The lowest BCUT2D eigenvalue weighted by molar-refractivity contribution is -0.145. The van der Waals surface area contributed by atoms with E-state index in [9.17, 15) is 9.90 Å². The number of carbonyl (C=O) groups is 1. The number of carbonyl (C=O) groups excluding carboxylic acids is 1. The van der Waals surface area contributed by atoms with E-state index in [2.05, 4.69) is 0 Å². The summed E-state index contributed by atoms with van der Waals surface area (Å²) in [6, 6.07) is 13.4. The second-order valence-corrected chi connectivity index (χ2v) is 4.93. The number of rotatable bonds is 6. The molecule has 2 aromatic rings. The molecule has 0 aliphatic rings. The van der Waals surface area contributed by atoms with Crippen molar-refractivity contribution in [1.82, 2.24) is 0 Å². The van der Waals surface area contributed by atoms with Crippen LogP contribution in [0.3, 0.4) is 0 Å². The van der Waals surface area contributed by atoms with Gasteiger partial charge < -0.3 is 14.6 Å². The minimum Gasteiger partial charge on any atom is -0.482 e. The molecule has 0 saturated carbocycles. The summed E-state index contributed by atoms with van der Waals surface area (Å²) >= 11 is 0. The number of aliphatic hydroxyl groups excluding tert-OH is 1. The van der Waals surface area contributed by atoms with Crippen LogP contribution in [0.2, 0.25) is 0 Å². The van der Waals surface area contributed by atoms with Crippen LogP contribution in [0.4, 0.5) is 0 Å². The molecule has 0 spiro atoms. The number of benzene rings is 2. The van der Waals surface area contributed by atoms with Gasteiger partial charge in [-0.1, -0.05) is 24.3 Å². The molecular weight excluding hydrogens is 280 g/mol. The normalized spacial score (nSPS) is 10.3. The Hall–Kier alpha value is -2.33. The first kappa shape index (κ1) is 16.0. The molecule has 0 radical (unpaired) electrons. The van der Waals surface area contributed by atoms with E-state index in [1.54, 1.807) is 6.92 Å². The second-order valence-electron chi connectivity index (χ2n) is 4.93. The molecule has 0 aromatic heterocycles. The molecule has 0 atom stereocenters. The van der Waals surface area contributed by atoms with Crippen molar-refractivity contribution >= 4 is 5.97 Å². The molecular formula is C18H20O4. The summed E-state index contributed by atoms with van der Waals surface area (Å²) in [7, 11) is 0. The summed E-state index contributed by atoms with van der Waals surface area (Å²) < 4.78 is 10.2. The molecule has 0 bridgehead atoms. The summed E-state index contributed by atoms with van der Waals surface area (Å²) in [6.07, 6.45) is 0. The van der Waals surface area contributed by atoms with Gasteiger partial charge in [0.05, 0.1) is 13.2 Å². The third-order valence-electron chi connectivity index (χ3n) is 3.28. The Balaban J connectivity index is 2.13. The maximum atomic E-state index is 11.3. The van der Waals surface area contributed by atoms with E-state index in [1.807, 2.05) is 49.4 Å². The monoisotopic (exact) mass is 300 g/mol. The molecule has 0 unspecified atom stereocenters. The van der Waals surface area contributed by atoms with Gasteiger partial charge in [0.25, 0.3) is 0 Å². The van der Waals surface area contributed by atoms with Crippen molar-refractivity contribution in [2.75, 3.05) is 13.2 Å². The fraction of sp³-hybridized carbons (Fsp3) is 0.278. The van der Waals surface area contributed by atoms with E-state index >= 15 is 0 Å². The molecule has 0 heterocycles. The molecule has 116 valence electrons. The van der Waals surface area contributed by atoms with Crippen LogP contribution in [0.1, 0.15) is 18.1 Å². The van der Waals surface area contributed by atoms with Gasteiger partial charge >= 0.3 is 5.97 Å². The quantitative estimate of drug-likeness (QED) is 0.833. The van der Waals surface area contributed by atoms with Crippen LogP contribution in [0.25, 0.3) is 11.1 Å². The molecule has 2 aromatic carbocycles. The maximum absolute atomic E-state index is 11.3. The Labute approximate surface area is 130 Å². The lowest BCUT2D eigenvalue weighted by Gasteiger charge is -2.11. The number of aryl methyl sites for hydroxylation is 1. The minimum atomic E-state index is -0.375. The molecule has 22 heavy (non-hydrogen) atoms. The van der Waals surface area contributed by atoms with Crippen LogP contribution in [0, 0.1) is 6.92 Å². The summed E-state index contributed by atoms with van der Waals surface area (Å²) in [6.45, 7) is 4.02. The third-order valence-corrected chi connectivity index (χ3v) is 3.28. The van der Waals surface area contributed by atoms with E-state index < -0.39 is 0 Å². The van der Waals surface area contributed by atoms with E-state index in [4.69, 9.17) is 9.47 Å². The van der Waals surface area contributed by atoms with Crippen molar-refractivity contribution in [3.63, 3.8) is 0 Å². The van der Waals surface area contributed by atoms with Crippen molar-refractivity contribution < 1.29 is 19.4 Å². The Morgan fingerprint density at radius 3 is 2.68 bits per heavy atom. The van der Waals surface area contributed by atoms with Crippen LogP contribution in [0.5, 0.6) is 5.75 Å². The van der Waals surface area contributed by atoms with Crippen molar-refractivity contribution in [3.05, 3.63) is 53.6 Å². The van der Waals surface area contributed by atoms with Gasteiger partial charge in [-0.25, -0.2) is 4.79 Å². The van der Waals surface area contributed by atoms with Crippen molar-refractivity contribution in [1.29, 1.82) is 0 Å². The van der Waals surface area contributed by atoms with Gasteiger partial charge in [0, 0.05) is 0 Å². The Morgan fingerprint density at radius 2 is 2.00 bits per heavy atom. The highest BCUT2D eigenvalue weighted by atomic mass is 16.6. The van der Waals surface area contributed by atoms with Crippen LogP contribution in [-0.4, -0.2) is 24.3 Å². The number of hydrogen-bond acceptors (Lipinski definition) is 4. The predicted octanol–water partition coefficient (Wildman–Crippen LogP) is 3.10. The lowest BCUT2D eigenvalue weighted by Crippen LogP contribution is -2.14. The van der Waals surface area contributed by atoms with Crippen LogP contribution < -0.4 is 4.74 Å². The third kappa shape index (κ3) is 4.09. The van der Waals surface area contributed by atoms with Crippen LogP contribution >= 0.6 is 0 Å². The molecule has 4 nitrogen and oxygen atoms in total. The Morgan fingerprint density at radius 1 is 1.18 bits per heavy atom. The molecule has 1 N–H and O–H groups in total. The minimum absolute atomic E-state index is 0.0215. The topological polar surface area (TPSA) is 55.8 Å². The van der Waals surface area contributed by atoms with E-state index in [1.165, 1.54) is 0 Å². The van der Waals surface area contributed by atoms with Crippen LogP contribution in [0.15, 0.2) is 42.5 Å². The highest BCUT2D eigenvalue weighted by Gasteiger charge is 2.07. The molecule has 0 saturated heterocycles. The SMILES string of the molecule is CCOC(=O)COc1ccc(-c2cccc(CO)c2)c(C)c1. The van der Waals surface area contributed by atoms with Gasteiger partial charge in [-0.2, -0.15) is 0 Å². The van der Waals surface area contributed by atoms with Crippen molar-refractivity contribution in [2.45, 2.75) is 20.5 Å². The Bertz CT molecular complexity index is 649. The Kier molecular flexibility index (Phi) is 5.55. The fourth-order valence-electron chi connectivity index (χ4n) is 2.23. The zero-order valence-electron chi connectivity index (χ0n) is 12.8. The molecule has 0 amide bonds. The molecule has 4 heteroatoms. The number of esters is 1. The number of aliphatic hydroxyl groups is 1. The molecule has 2 rings (SSSR count). The van der Waals surface area contributed by atoms with Crippen LogP contribution in [-0.2, 0) is 16.1 Å². The van der Waals surface area contributed by atoms with Gasteiger partial charge in [0.1, 0.15) is 5.75 Å². The predicted molar refractivity (Wildman–Crippen MR) is 84.7 cm³/mol. The zero-order valence-corrected chi connectivity index (χ0v) is 12.8. The standard InChI is InChI=1S/C18H20O4/c1-3-21-18(20)12-22-16-7-8-17(13(2)9-16)15-6-4-5-14(10-15)11-19/h4-10,19H,3,11-12H2,1-2H3. The van der Waals surface area contributed by atoms with Crippen molar-refractivity contribution in [2.24, 2.45) is 0 Å². The second kappa shape index (κ2) is 7.61. The maximum Gasteiger partial charge on any atom is 0.344 e. The highest BCUT2D eigenvalue weighted by Crippen LogP contribution is 2.27. The fourth-order valence-corrected chi connectivity index (χ4v) is 2.23. The van der Waals surface area contributed by atoms with Gasteiger partial charge in [0.15, 0.2) is 6.61 Å². The largest absolute Gasteiger partial charge is 0.482 e. The van der Waals surface area contributed by atoms with Gasteiger partial charge in [-0.05, 0) is 54.3 Å². The van der Waals surface area contributed by atoms with Gasteiger partial charge in [-0.3, -0.25) is 0 Å². The molecule has 0 aliphatic carbocycles. The summed E-state index contributed by atoms with van der Waals surface area (Å²) in [5, 5.41) is 9.22. The number of hydrogen-bond donors (Lipinski definition) is 1. The lowest BCUT2D eigenvalue weighted by atomic mass is 9.99. The first-order valence-electron chi connectivity index (χ1n) is 7.23. The number of ether oxygens (including phenoxy) is 2. The smallest absolute Gasteiger partial charge is 0.344 e. The molecule has 0 aliphatic heterocycles. The highest BCUT2D eigenvalue weighted by molar-refractivity contribution is 5.71. The average molecular weight is 300 g/mol. The molecule has 0 fully saturated rings. The van der Waals surface area contributed by atoms with Gasteiger partial charge in [0.2, 0.25) is 0 Å². The summed E-state index contributed by atoms with van der Waals surface area (Å²) in [4.78, 5) is 11.3. The summed E-state index contributed by atoms with van der Waals surface area (Å²) in [5.74, 6) is 0.257. The van der Waals surface area contributed by atoms with Crippen molar-refractivity contribution in [3.8, 4) is 16.9 Å². The van der Waals surface area contributed by atoms with E-state index in [0.717, 1.165) is 22.3 Å².